The van der Waals surface area contributed by atoms with Crippen molar-refractivity contribution in [3.05, 3.63) is 48.5 Å². The van der Waals surface area contributed by atoms with Gasteiger partial charge in [-0.1, -0.05) is 12.1 Å². The predicted octanol–water partition coefficient (Wildman–Crippen LogP) is 3.31. The molecule has 2 aromatic carbocycles. The Balaban J connectivity index is 1.43. The van der Waals surface area contributed by atoms with Crippen LogP contribution in [0.15, 0.2) is 48.5 Å². The molecule has 0 unspecified atom stereocenters. The standard InChI is InChI=1S/C20H21F3N6O2/c21-20(22,23)31-16-7-5-15(6-8-16)24-18-4-2-1-3-17(18)19-25-27-29(26-19)10-9-28-11-13-30-14-12-28/h1-8,24H,9-14H2. The molecule has 0 spiro atoms. The Morgan fingerprint density at radius 1 is 1.00 bits per heavy atom. The number of benzene rings is 2. The average molecular weight is 434 g/mol. The minimum Gasteiger partial charge on any atom is -0.406 e. The van der Waals surface area contributed by atoms with Gasteiger partial charge >= 0.3 is 6.36 Å². The number of anilines is 2. The SMILES string of the molecule is FC(F)(F)Oc1ccc(Nc2ccccc2-c2nnn(CCN3CCOCC3)n2)cc1. The van der Waals surface area contributed by atoms with Crippen molar-refractivity contribution in [2.45, 2.75) is 12.9 Å². The van der Waals surface area contributed by atoms with E-state index >= 15 is 0 Å². The van der Waals surface area contributed by atoms with Crippen LogP contribution in [-0.4, -0.2) is 64.3 Å². The van der Waals surface area contributed by atoms with Crippen molar-refractivity contribution in [2.75, 3.05) is 38.2 Å². The lowest BCUT2D eigenvalue weighted by Crippen LogP contribution is -2.38. The molecule has 0 aliphatic carbocycles. The van der Waals surface area contributed by atoms with Gasteiger partial charge in [-0.3, -0.25) is 4.90 Å². The predicted molar refractivity (Wildman–Crippen MR) is 107 cm³/mol. The molecule has 1 aromatic heterocycles. The Kier molecular flexibility index (Phi) is 6.33. The summed E-state index contributed by atoms with van der Waals surface area (Å²) in [6.07, 6.45) is -4.72. The molecular formula is C20H21F3N6O2. The molecule has 11 heteroatoms. The Morgan fingerprint density at radius 2 is 1.74 bits per heavy atom. The van der Waals surface area contributed by atoms with Gasteiger partial charge in [0.2, 0.25) is 5.82 Å². The van der Waals surface area contributed by atoms with Crippen molar-refractivity contribution in [2.24, 2.45) is 0 Å². The first-order valence-electron chi connectivity index (χ1n) is 9.76. The molecule has 164 valence electrons. The highest BCUT2D eigenvalue weighted by molar-refractivity contribution is 5.77. The third kappa shape index (κ3) is 5.92. The van der Waals surface area contributed by atoms with Crippen LogP contribution in [0.4, 0.5) is 24.5 Å². The molecule has 3 aromatic rings. The molecule has 1 aliphatic heterocycles. The van der Waals surface area contributed by atoms with Crippen LogP contribution in [-0.2, 0) is 11.3 Å². The van der Waals surface area contributed by atoms with E-state index in [1.54, 1.807) is 4.80 Å². The summed E-state index contributed by atoms with van der Waals surface area (Å²) in [5, 5.41) is 15.9. The van der Waals surface area contributed by atoms with Crippen LogP contribution in [0.2, 0.25) is 0 Å². The van der Waals surface area contributed by atoms with Gasteiger partial charge in [0, 0.05) is 36.6 Å². The number of hydrogen-bond donors (Lipinski definition) is 1. The molecule has 4 rings (SSSR count). The zero-order valence-electron chi connectivity index (χ0n) is 16.5. The van der Waals surface area contributed by atoms with Crippen LogP contribution in [0.1, 0.15) is 0 Å². The highest BCUT2D eigenvalue weighted by Gasteiger charge is 2.31. The maximum absolute atomic E-state index is 12.3. The lowest BCUT2D eigenvalue weighted by atomic mass is 10.1. The number of halogens is 3. The van der Waals surface area contributed by atoms with E-state index in [4.69, 9.17) is 4.74 Å². The molecule has 0 bridgehead atoms. The van der Waals surface area contributed by atoms with Crippen molar-refractivity contribution in [3.8, 4) is 17.1 Å². The van der Waals surface area contributed by atoms with E-state index in [1.807, 2.05) is 24.3 Å². The van der Waals surface area contributed by atoms with Crippen LogP contribution in [0.3, 0.4) is 0 Å². The fraction of sp³-hybridized carbons (Fsp3) is 0.350. The van der Waals surface area contributed by atoms with Crippen LogP contribution in [0.25, 0.3) is 11.4 Å². The Morgan fingerprint density at radius 3 is 2.48 bits per heavy atom. The number of hydrogen-bond acceptors (Lipinski definition) is 7. The molecule has 1 fully saturated rings. The molecular weight excluding hydrogens is 413 g/mol. The van der Waals surface area contributed by atoms with Crippen LogP contribution in [0.5, 0.6) is 5.75 Å². The van der Waals surface area contributed by atoms with Gasteiger partial charge in [-0.05, 0) is 41.6 Å². The summed E-state index contributed by atoms with van der Waals surface area (Å²) in [4.78, 5) is 3.85. The molecule has 1 saturated heterocycles. The number of tetrazole rings is 1. The minimum absolute atomic E-state index is 0.281. The van der Waals surface area contributed by atoms with Gasteiger partial charge in [-0.15, -0.1) is 23.4 Å². The van der Waals surface area contributed by atoms with E-state index in [0.29, 0.717) is 23.7 Å². The maximum atomic E-state index is 12.3. The van der Waals surface area contributed by atoms with Gasteiger partial charge in [0.05, 0.1) is 19.8 Å². The van der Waals surface area contributed by atoms with Crippen LogP contribution >= 0.6 is 0 Å². The topological polar surface area (TPSA) is 77.3 Å². The summed E-state index contributed by atoms with van der Waals surface area (Å²) < 4.78 is 46.2. The van der Waals surface area contributed by atoms with Gasteiger partial charge < -0.3 is 14.8 Å². The van der Waals surface area contributed by atoms with Crippen LogP contribution in [0, 0.1) is 0 Å². The van der Waals surface area contributed by atoms with Crippen LogP contribution < -0.4 is 10.1 Å². The summed E-state index contributed by atoms with van der Waals surface area (Å²) >= 11 is 0. The number of aromatic nitrogens is 4. The Bertz CT molecular complexity index is 987. The molecule has 0 saturated carbocycles. The second kappa shape index (κ2) is 9.31. The first kappa shape index (κ1) is 21.1. The van der Waals surface area contributed by atoms with Crippen molar-refractivity contribution in [1.29, 1.82) is 0 Å². The zero-order chi connectivity index (χ0) is 21.7. The molecule has 1 N–H and O–H groups in total. The second-order valence-corrected chi connectivity index (χ2v) is 6.91. The maximum Gasteiger partial charge on any atom is 0.573 e. The molecule has 8 nitrogen and oxygen atoms in total. The van der Waals surface area contributed by atoms with Crippen molar-refractivity contribution in [1.82, 2.24) is 25.1 Å². The highest BCUT2D eigenvalue weighted by Crippen LogP contribution is 2.29. The molecule has 0 atom stereocenters. The number of alkyl halides is 3. The number of nitrogens with one attached hydrogen (secondary N) is 1. The third-order valence-corrected chi connectivity index (χ3v) is 4.71. The molecule has 2 heterocycles. The van der Waals surface area contributed by atoms with E-state index in [-0.39, 0.29) is 5.75 Å². The Hall–Kier alpha value is -3.18. The Labute approximate surface area is 176 Å². The van der Waals surface area contributed by atoms with E-state index in [1.165, 1.54) is 24.3 Å². The minimum atomic E-state index is -4.72. The van der Waals surface area contributed by atoms with Gasteiger partial charge in [0.25, 0.3) is 0 Å². The second-order valence-electron chi connectivity index (χ2n) is 6.91. The normalized spacial score (nSPS) is 15.1. The lowest BCUT2D eigenvalue weighted by Gasteiger charge is -2.25. The molecule has 1 aliphatic rings. The molecule has 31 heavy (non-hydrogen) atoms. The van der Waals surface area contributed by atoms with Gasteiger partial charge in [-0.2, -0.15) is 4.80 Å². The highest BCUT2D eigenvalue weighted by atomic mass is 19.4. The summed E-state index contributed by atoms with van der Waals surface area (Å²) in [5.41, 5.74) is 2.04. The first-order chi connectivity index (χ1) is 15.0. The largest absolute Gasteiger partial charge is 0.573 e. The van der Waals surface area contributed by atoms with Gasteiger partial charge in [0.1, 0.15) is 5.75 Å². The van der Waals surface area contributed by atoms with Gasteiger partial charge in [-0.25, -0.2) is 0 Å². The smallest absolute Gasteiger partial charge is 0.406 e. The van der Waals surface area contributed by atoms with E-state index < -0.39 is 6.36 Å². The third-order valence-electron chi connectivity index (χ3n) is 4.71. The monoisotopic (exact) mass is 434 g/mol. The number of morpholine rings is 1. The molecule has 0 radical (unpaired) electrons. The van der Waals surface area contributed by atoms with Crippen molar-refractivity contribution >= 4 is 11.4 Å². The summed E-state index contributed by atoms with van der Waals surface area (Å²) in [6, 6.07) is 12.9. The number of nitrogens with zero attached hydrogens (tertiary/aromatic N) is 5. The number of rotatable bonds is 7. The number of ether oxygens (including phenoxy) is 2. The summed E-state index contributed by atoms with van der Waals surface area (Å²) in [6.45, 7) is 4.67. The van der Waals surface area contributed by atoms with Crippen molar-refractivity contribution < 1.29 is 22.6 Å². The average Bonchev–Trinajstić information content (AvgIpc) is 3.23. The number of para-hydroxylation sites is 1. The molecule has 0 amide bonds. The fourth-order valence-corrected chi connectivity index (χ4v) is 3.18. The summed E-state index contributed by atoms with van der Waals surface area (Å²) in [7, 11) is 0. The van der Waals surface area contributed by atoms with E-state index in [2.05, 4.69) is 30.4 Å². The quantitative estimate of drug-likeness (QED) is 0.611. The zero-order valence-corrected chi connectivity index (χ0v) is 16.5. The lowest BCUT2D eigenvalue weighted by molar-refractivity contribution is -0.274. The van der Waals surface area contributed by atoms with E-state index in [9.17, 15) is 13.2 Å². The fourth-order valence-electron chi connectivity index (χ4n) is 3.18. The van der Waals surface area contributed by atoms with Gasteiger partial charge in [0.15, 0.2) is 0 Å². The summed E-state index contributed by atoms with van der Waals surface area (Å²) in [5.74, 6) is 0.179. The van der Waals surface area contributed by atoms with Crippen molar-refractivity contribution in [3.63, 3.8) is 0 Å². The van der Waals surface area contributed by atoms with E-state index in [0.717, 1.165) is 38.4 Å². The first-order valence-corrected chi connectivity index (χ1v) is 9.76.